The number of ether oxygens (including phenoxy) is 4. The molecule has 2 unspecified atom stereocenters. The molecule has 3 aliphatic heterocycles. The summed E-state index contributed by atoms with van der Waals surface area (Å²) in [7, 11) is 1.52. The summed E-state index contributed by atoms with van der Waals surface area (Å²) in [5.41, 5.74) is 0.307. The van der Waals surface area contributed by atoms with Gasteiger partial charge in [0.05, 0.1) is 0 Å². The Kier molecular flexibility index (Phi) is 3.44. The third kappa shape index (κ3) is 2.32. The van der Waals surface area contributed by atoms with Gasteiger partial charge in [-0.3, -0.25) is 4.79 Å². The number of hydrogen-bond acceptors (Lipinski definition) is 7. The van der Waals surface area contributed by atoms with E-state index >= 15 is 0 Å². The normalized spacial score (nSPS) is 44.3. The highest BCUT2D eigenvalue weighted by Crippen LogP contribution is 2.40. The van der Waals surface area contributed by atoms with Crippen LogP contribution in [0.15, 0.2) is 5.16 Å². The fraction of sp³-hybridized carbons (Fsp3) is 0.846. The maximum Gasteiger partial charge on any atom is 0.316 e. The number of fused-ring (bicyclic) bond motifs is 1. The lowest BCUT2D eigenvalue weighted by Crippen LogP contribution is -2.44. The minimum absolute atomic E-state index is 0.307. The summed E-state index contributed by atoms with van der Waals surface area (Å²) >= 11 is 0. The first kappa shape index (κ1) is 14.7. The molecule has 0 aromatic carbocycles. The van der Waals surface area contributed by atoms with Gasteiger partial charge >= 0.3 is 5.97 Å². The van der Waals surface area contributed by atoms with Crippen molar-refractivity contribution in [2.75, 3.05) is 7.11 Å². The summed E-state index contributed by atoms with van der Waals surface area (Å²) in [5, 5.41) is 13.2. The van der Waals surface area contributed by atoms with E-state index in [4.69, 9.17) is 23.8 Å². The van der Waals surface area contributed by atoms with Crippen molar-refractivity contribution in [2.45, 2.75) is 57.3 Å². The van der Waals surface area contributed by atoms with Gasteiger partial charge in [-0.2, -0.15) is 0 Å². The summed E-state index contributed by atoms with van der Waals surface area (Å²) in [6.45, 7) is 5.23. The van der Waals surface area contributed by atoms with Crippen LogP contribution in [-0.4, -0.2) is 60.4 Å². The molecule has 0 radical (unpaired) electrons. The zero-order chi connectivity index (χ0) is 15.4. The van der Waals surface area contributed by atoms with E-state index in [1.54, 1.807) is 20.8 Å². The third-order valence-corrected chi connectivity index (χ3v) is 3.93. The molecule has 2 saturated heterocycles. The van der Waals surface area contributed by atoms with Gasteiger partial charge in [-0.25, -0.2) is 0 Å². The van der Waals surface area contributed by atoms with Crippen LogP contribution in [0.1, 0.15) is 20.8 Å². The van der Waals surface area contributed by atoms with Crippen molar-refractivity contribution in [1.29, 1.82) is 0 Å². The van der Waals surface area contributed by atoms with E-state index in [0.29, 0.717) is 5.71 Å². The molecule has 0 amide bonds. The molecule has 0 saturated carbocycles. The fourth-order valence-corrected chi connectivity index (χ4v) is 3.03. The van der Waals surface area contributed by atoms with Crippen LogP contribution in [0.2, 0.25) is 0 Å². The first-order valence-electron chi connectivity index (χ1n) is 6.84. The van der Waals surface area contributed by atoms with Crippen molar-refractivity contribution in [1.82, 2.24) is 0 Å². The molecule has 118 valence electrons. The van der Waals surface area contributed by atoms with Gasteiger partial charge in [0.15, 0.2) is 12.1 Å². The van der Waals surface area contributed by atoms with E-state index in [1.807, 2.05) is 0 Å². The van der Waals surface area contributed by atoms with Crippen molar-refractivity contribution in [3.8, 4) is 0 Å². The largest absolute Gasteiger partial charge is 0.481 e. The predicted molar refractivity (Wildman–Crippen MR) is 68.6 cm³/mol. The Morgan fingerprint density at radius 2 is 2.10 bits per heavy atom. The number of methoxy groups -OCH3 is 1. The van der Waals surface area contributed by atoms with Crippen molar-refractivity contribution in [2.24, 2.45) is 11.1 Å². The smallest absolute Gasteiger partial charge is 0.316 e. The summed E-state index contributed by atoms with van der Waals surface area (Å²) in [5.74, 6) is -2.62. The molecule has 3 rings (SSSR count). The molecule has 0 aliphatic carbocycles. The van der Waals surface area contributed by atoms with Crippen LogP contribution in [0, 0.1) is 5.92 Å². The average Bonchev–Trinajstić information content (AvgIpc) is 2.97. The number of aliphatic carboxylic acids is 1. The Hall–Kier alpha value is -1.22. The lowest BCUT2D eigenvalue weighted by molar-refractivity contribution is -0.208. The van der Waals surface area contributed by atoms with E-state index in [2.05, 4.69) is 5.16 Å². The van der Waals surface area contributed by atoms with Gasteiger partial charge < -0.3 is 28.9 Å². The molecule has 21 heavy (non-hydrogen) atoms. The van der Waals surface area contributed by atoms with Gasteiger partial charge in [0.2, 0.25) is 0 Å². The Bertz CT molecular complexity index is 477. The van der Waals surface area contributed by atoms with Crippen LogP contribution < -0.4 is 0 Å². The maximum absolute atomic E-state index is 11.4. The lowest BCUT2D eigenvalue weighted by atomic mass is 9.92. The second-order valence-corrected chi connectivity index (χ2v) is 5.87. The summed E-state index contributed by atoms with van der Waals surface area (Å²) in [6, 6.07) is 0. The minimum atomic E-state index is -1.00. The number of nitrogens with zero attached hydrogens (tertiary/aromatic N) is 1. The minimum Gasteiger partial charge on any atom is -0.481 e. The molecule has 8 nitrogen and oxygen atoms in total. The van der Waals surface area contributed by atoms with Crippen molar-refractivity contribution in [3.63, 3.8) is 0 Å². The monoisotopic (exact) mass is 301 g/mol. The van der Waals surface area contributed by atoms with Crippen LogP contribution in [0.5, 0.6) is 0 Å². The van der Waals surface area contributed by atoms with E-state index in [0.717, 1.165) is 0 Å². The Balaban J connectivity index is 1.83. The van der Waals surface area contributed by atoms with Crippen LogP contribution in [-0.2, 0) is 28.6 Å². The highest BCUT2D eigenvalue weighted by atomic mass is 16.8. The van der Waals surface area contributed by atoms with Crippen LogP contribution in [0.4, 0.5) is 0 Å². The summed E-state index contributed by atoms with van der Waals surface area (Å²) in [4.78, 5) is 16.5. The number of oxime groups is 1. The van der Waals surface area contributed by atoms with Gasteiger partial charge in [0, 0.05) is 7.11 Å². The second kappa shape index (κ2) is 4.91. The molecular formula is C13H19NO7. The van der Waals surface area contributed by atoms with E-state index in [1.165, 1.54) is 7.11 Å². The van der Waals surface area contributed by atoms with Gasteiger partial charge in [-0.05, 0) is 20.8 Å². The Morgan fingerprint density at radius 3 is 2.71 bits per heavy atom. The number of rotatable bonds is 3. The van der Waals surface area contributed by atoms with Crippen LogP contribution in [0.3, 0.4) is 0 Å². The number of carboxylic acids is 1. The van der Waals surface area contributed by atoms with Crippen LogP contribution in [0.25, 0.3) is 0 Å². The standard InChI is InChI=1S/C13H19NO7/c1-5-6(11(15)16)7(14-21-5)8-9(17-4)10-12(18-8)20-13(2,3)19-10/h5-6,8-10,12H,1-4H3,(H,15,16)/t5?,6?,8-,9+,10-,12-/m1/s1. The quantitative estimate of drug-likeness (QED) is 0.803. The van der Waals surface area contributed by atoms with Gasteiger partial charge in [-0.1, -0.05) is 5.16 Å². The molecule has 3 heterocycles. The predicted octanol–water partition coefficient (Wildman–Crippen LogP) is 0.353. The van der Waals surface area contributed by atoms with Crippen molar-refractivity contribution in [3.05, 3.63) is 0 Å². The summed E-state index contributed by atoms with van der Waals surface area (Å²) < 4.78 is 22.7. The molecule has 8 heteroatoms. The molecule has 0 spiro atoms. The third-order valence-electron chi connectivity index (χ3n) is 3.93. The molecule has 3 aliphatic rings. The fourth-order valence-electron chi connectivity index (χ4n) is 3.03. The second-order valence-electron chi connectivity index (χ2n) is 5.87. The molecule has 0 aromatic rings. The first-order chi connectivity index (χ1) is 9.84. The Labute approximate surface area is 121 Å². The van der Waals surface area contributed by atoms with E-state index in [9.17, 15) is 9.90 Å². The SMILES string of the molecule is CO[C@@H]1[C@H]2OC(C)(C)O[C@H]2O[C@@H]1C1=NOC(C)C1C(=O)O. The van der Waals surface area contributed by atoms with Gasteiger partial charge in [0.1, 0.15) is 36.0 Å². The lowest BCUT2D eigenvalue weighted by Gasteiger charge is -2.25. The van der Waals surface area contributed by atoms with E-state index in [-0.39, 0.29) is 0 Å². The average molecular weight is 301 g/mol. The van der Waals surface area contributed by atoms with Gasteiger partial charge in [0.25, 0.3) is 0 Å². The van der Waals surface area contributed by atoms with E-state index < -0.39 is 48.4 Å². The maximum atomic E-state index is 11.4. The number of hydrogen-bond donors (Lipinski definition) is 1. The van der Waals surface area contributed by atoms with Crippen molar-refractivity contribution >= 4 is 11.7 Å². The zero-order valence-corrected chi connectivity index (χ0v) is 12.3. The molecular weight excluding hydrogens is 282 g/mol. The molecule has 2 fully saturated rings. The van der Waals surface area contributed by atoms with Gasteiger partial charge in [-0.15, -0.1) is 0 Å². The molecule has 0 bridgehead atoms. The molecule has 0 aromatic heterocycles. The number of carboxylic acid groups (broad SMARTS) is 1. The highest BCUT2D eigenvalue weighted by molar-refractivity contribution is 6.05. The molecule has 1 N–H and O–H groups in total. The van der Waals surface area contributed by atoms with Crippen LogP contribution >= 0.6 is 0 Å². The van der Waals surface area contributed by atoms with Crippen molar-refractivity contribution < 1.29 is 33.7 Å². The first-order valence-corrected chi connectivity index (χ1v) is 6.84. The zero-order valence-electron chi connectivity index (χ0n) is 12.3. The number of carbonyl (C=O) groups is 1. The topological polar surface area (TPSA) is 95.8 Å². The Morgan fingerprint density at radius 1 is 1.38 bits per heavy atom. The highest BCUT2D eigenvalue weighted by Gasteiger charge is 2.59. The summed E-state index contributed by atoms with van der Waals surface area (Å²) in [6.07, 6.45) is -2.73. The molecule has 6 atom stereocenters.